The zero-order valence-electron chi connectivity index (χ0n) is 17.5. The van der Waals surface area contributed by atoms with Gasteiger partial charge in [-0.1, -0.05) is 24.3 Å². The minimum atomic E-state index is -1.70. The molecule has 0 aliphatic carbocycles. The Balaban J connectivity index is 1.47. The van der Waals surface area contributed by atoms with Crippen molar-refractivity contribution in [1.82, 2.24) is 15.0 Å². The Morgan fingerprint density at radius 2 is 2.19 bits per heavy atom. The third-order valence-electron chi connectivity index (χ3n) is 5.96. The number of nitrogens with zero attached hydrogens (tertiary/aromatic N) is 4. The third kappa shape index (κ3) is 3.98. The van der Waals surface area contributed by atoms with Crippen molar-refractivity contribution in [1.29, 1.82) is 0 Å². The van der Waals surface area contributed by atoms with Crippen molar-refractivity contribution in [3.05, 3.63) is 47.8 Å². The molecule has 3 heterocycles. The van der Waals surface area contributed by atoms with Crippen LogP contribution in [0.15, 0.2) is 36.5 Å². The van der Waals surface area contributed by atoms with Crippen molar-refractivity contribution < 1.29 is 19.8 Å². The number of hydrogen-bond acceptors (Lipinski definition) is 6. The summed E-state index contributed by atoms with van der Waals surface area (Å²) >= 11 is 0. The summed E-state index contributed by atoms with van der Waals surface area (Å²) in [4.78, 5) is 26.5. The molecule has 0 spiro atoms. The highest BCUT2D eigenvalue weighted by atomic mass is 16.3. The zero-order valence-corrected chi connectivity index (χ0v) is 17.5. The maximum absolute atomic E-state index is 12.7. The third-order valence-corrected chi connectivity index (χ3v) is 5.96. The molecule has 0 radical (unpaired) electrons. The monoisotopic (exact) mass is 425 g/mol. The number of nitrogens with one attached hydrogen (secondary N) is 1. The van der Waals surface area contributed by atoms with Gasteiger partial charge in [-0.05, 0) is 31.0 Å². The van der Waals surface area contributed by atoms with Gasteiger partial charge in [-0.15, -0.1) is 5.10 Å². The zero-order chi connectivity index (χ0) is 22.0. The van der Waals surface area contributed by atoms with Gasteiger partial charge in [-0.25, -0.2) is 0 Å². The summed E-state index contributed by atoms with van der Waals surface area (Å²) in [6.45, 7) is 3.08. The Morgan fingerprint density at radius 1 is 1.35 bits per heavy atom. The van der Waals surface area contributed by atoms with Gasteiger partial charge in [0.05, 0.1) is 5.69 Å². The van der Waals surface area contributed by atoms with Crippen molar-refractivity contribution in [2.24, 2.45) is 5.92 Å². The molecule has 164 valence electrons. The molecule has 2 atom stereocenters. The lowest BCUT2D eigenvalue weighted by atomic mass is 9.82. The van der Waals surface area contributed by atoms with Gasteiger partial charge in [0.25, 0.3) is 5.91 Å². The van der Waals surface area contributed by atoms with Gasteiger partial charge >= 0.3 is 0 Å². The fourth-order valence-electron chi connectivity index (χ4n) is 4.16. The van der Waals surface area contributed by atoms with Crippen molar-refractivity contribution >= 4 is 23.2 Å². The topological polar surface area (TPSA) is 121 Å². The summed E-state index contributed by atoms with van der Waals surface area (Å²) in [6, 6.07) is 5.30. The van der Waals surface area contributed by atoms with E-state index in [1.165, 1.54) is 0 Å². The summed E-state index contributed by atoms with van der Waals surface area (Å²) in [5, 5.41) is 31.1. The van der Waals surface area contributed by atoms with Gasteiger partial charge < -0.3 is 20.4 Å². The molecule has 1 fully saturated rings. The highest BCUT2D eigenvalue weighted by Gasteiger charge is 2.48. The molecule has 2 aliphatic heterocycles. The van der Waals surface area contributed by atoms with Gasteiger partial charge in [-0.3, -0.25) is 14.3 Å². The van der Waals surface area contributed by atoms with E-state index >= 15 is 0 Å². The van der Waals surface area contributed by atoms with E-state index in [2.05, 4.69) is 15.6 Å². The first-order chi connectivity index (χ1) is 14.9. The first-order valence-corrected chi connectivity index (χ1v) is 10.6. The van der Waals surface area contributed by atoms with Crippen molar-refractivity contribution in [3.8, 4) is 0 Å². The van der Waals surface area contributed by atoms with E-state index in [1.807, 2.05) is 12.2 Å². The van der Waals surface area contributed by atoms with E-state index in [4.69, 9.17) is 5.11 Å². The Morgan fingerprint density at radius 3 is 2.94 bits per heavy atom. The maximum atomic E-state index is 12.7. The number of anilines is 2. The molecule has 0 bridgehead atoms. The van der Waals surface area contributed by atoms with Crippen LogP contribution in [0.25, 0.3) is 0 Å². The Hall–Kier alpha value is -3.04. The molecule has 1 saturated heterocycles. The second kappa shape index (κ2) is 8.60. The van der Waals surface area contributed by atoms with Crippen LogP contribution < -0.4 is 10.2 Å². The first-order valence-electron chi connectivity index (χ1n) is 10.6. The Labute approximate surface area is 180 Å². The van der Waals surface area contributed by atoms with Crippen LogP contribution in [-0.4, -0.2) is 50.2 Å². The van der Waals surface area contributed by atoms with Crippen LogP contribution >= 0.6 is 0 Å². The minimum absolute atomic E-state index is 0.0336. The van der Waals surface area contributed by atoms with Crippen LogP contribution in [0.3, 0.4) is 0 Å². The molecule has 2 aromatic rings. The largest absolute Gasteiger partial charge is 0.396 e. The van der Waals surface area contributed by atoms with E-state index in [-0.39, 0.29) is 12.5 Å². The molecular formula is C22H27N5O4. The number of aliphatic hydroxyl groups is 2. The van der Waals surface area contributed by atoms with Crippen molar-refractivity contribution in [2.75, 3.05) is 23.4 Å². The minimum Gasteiger partial charge on any atom is -0.396 e. The SMILES string of the molecule is C[C@@H](/C=C/CCn1cc(CCO)nn1)[C@]1(O)C(=O)Nc2ccc(N3CCCC3=O)cc21. The fraction of sp³-hybridized carbons (Fsp3) is 0.455. The number of aliphatic hydroxyl groups excluding tert-OH is 1. The van der Waals surface area contributed by atoms with Crippen LogP contribution in [0.4, 0.5) is 11.4 Å². The summed E-state index contributed by atoms with van der Waals surface area (Å²) < 4.78 is 1.70. The number of carbonyl (C=O) groups excluding carboxylic acids is 2. The molecule has 2 aliphatic rings. The summed E-state index contributed by atoms with van der Waals surface area (Å²) in [7, 11) is 0. The number of aromatic nitrogens is 3. The number of carbonyl (C=O) groups is 2. The molecule has 9 heteroatoms. The van der Waals surface area contributed by atoms with Gasteiger partial charge in [0.1, 0.15) is 0 Å². The predicted octanol–water partition coefficient (Wildman–Crippen LogP) is 1.36. The lowest BCUT2D eigenvalue weighted by Crippen LogP contribution is -2.39. The van der Waals surface area contributed by atoms with Crippen LogP contribution in [0, 0.1) is 5.92 Å². The second-order valence-electron chi connectivity index (χ2n) is 8.05. The van der Waals surface area contributed by atoms with Gasteiger partial charge in [-0.2, -0.15) is 0 Å². The highest BCUT2D eigenvalue weighted by Crippen LogP contribution is 2.43. The number of benzene rings is 1. The number of hydrogen-bond donors (Lipinski definition) is 3. The smallest absolute Gasteiger partial charge is 0.261 e. The molecule has 2 amide bonds. The molecule has 0 unspecified atom stereocenters. The molecule has 9 nitrogen and oxygen atoms in total. The molecule has 3 N–H and O–H groups in total. The number of fused-ring (bicyclic) bond motifs is 1. The molecule has 0 saturated carbocycles. The van der Waals surface area contributed by atoms with Gasteiger partial charge in [0, 0.05) is 61.6 Å². The van der Waals surface area contributed by atoms with Crippen LogP contribution in [0.2, 0.25) is 0 Å². The van der Waals surface area contributed by atoms with Crippen LogP contribution in [-0.2, 0) is 28.2 Å². The number of aryl methyl sites for hydroxylation is 1. The van der Waals surface area contributed by atoms with E-state index < -0.39 is 17.4 Å². The van der Waals surface area contributed by atoms with Crippen molar-refractivity contribution in [2.45, 2.75) is 44.8 Å². The predicted molar refractivity (Wildman–Crippen MR) is 114 cm³/mol. The Kier molecular flexibility index (Phi) is 5.88. The summed E-state index contributed by atoms with van der Waals surface area (Å²) in [6.07, 6.45) is 7.99. The quantitative estimate of drug-likeness (QED) is 0.549. The van der Waals surface area contributed by atoms with Gasteiger partial charge in [0.2, 0.25) is 5.91 Å². The summed E-state index contributed by atoms with van der Waals surface area (Å²) in [5.41, 5.74) is 0.809. The highest BCUT2D eigenvalue weighted by molar-refractivity contribution is 6.06. The molecule has 1 aromatic carbocycles. The number of rotatable bonds is 8. The number of allylic oxidation sites excluding steroid dienone is 1. The molecular weight excluding hydrogens is 398 g/mol. The maximum Gasteiger partial charge on any atom is 0.261 e. The van der Waals surface area contributed by atoms with Crippen LogP contribution in [0.5, 0.6) is 0 Å². The van der Waals surface area contributed by atoms with E-state index in [0.717, 1.165) is 12.1 Å². The summed E-state index contributed by atoms with van der Waals surface area (Å²) in [5.74, 6) is -0.877. The lowest BCUT2D eigenvalue weighted by Gasteiger charge is -2.27. The first kappa shape index (κ1) is 21.2. The molecule has 31 heavy (non-hydrogen) atoms. The fourth-order valence-corrected chi connectivity index (χ4v) is 4.16. The van der Waals surface area contributed by atoms with E-state index in [9.17, 15) is 14.7 Å². The second-order valence-corrected chi connectivity index (χ2v) is 8.05. The molecule has 4 rings (SSSR count). The van der Waals surface area contributed by atoms with E-state index in [0.29, 0.717) is 49.3 Å². The lowest BCUT2D eigenvalue weighted by molar-refractivity contribution is -0.137. The van der Waals surface area contributed by atoms with Gasteiger partial charge in [0.15, 0.2) is 5.60 Å². The average Bonchev–Trinajstić information content (AvgIpc) is 3.45. The van der Waals surface area contributed by atoms with Crippen molar-refractivity contribution in [3.63, 3.8) is 0 Å². The van der Waals surface area contributed by atoms with E-state index in [1.54, 1.807) is 40.9 Å². The normalized spacial score (nSPS) is 21.7. The Bertz CT molecular complexity index is 1020. The molecule has 1 aromatic heterocycles. The van der Waals surface area contributed by atoms with Crippen LogP contribution in [0.1, 0.15) is 37.4 Å². The number of amides is 2. The standard InChI is InChI=1S/C22H27N5O4/c1-15(5-2-3-10-26-14-16(9-12-28)24-25-26)22(31)18-13-17(27-11-4-6-20(27)29)7-8-19(18)23-21(22)30/h2,5,7-8,13-15,28,31H,3-4,6,9-12H2,1H3,(H,23,30)/b5-2+/t15-,22+/m0/s1. The average molecular weight is 425 g/mol.